The molecule has 0 fully saturated rings. The molecule has 4 rings (SSSR count). The van der Waals surface area contributed by atoms with Crippen LogP contribution in [-0.4, -0.2) is 28.0 Å². The van der Waals surface area contributed by atoms with E-state index < -0.39 is 5.95 Å². The highest BCUT2D eigenvalue weighted by Crippen LogP contribution is 2.40. The van der Waals surface area contributed by atoms with Crippen LogP contribution in [0.4, 0.5) is 10.3 Å². The Balaban J connectivity index is 1.64. The molecule has 0 unspecified atom stereocenters. The van der Waals surface area contributed by atoms with Gasteiger partial charge in [-0.25, -0.2) is 20.5 Å². The van der Waals surface area contributed by atoms with Gasteiger partial charge in [-0.15, -0.1) is 11.3 Å². The second-order valence-electron chi connectivity index (χ2n) is 7.40. The number of pyridine rings is 1. The number of nitrogens with one attached hydrogen (secondary N) is 2. The number of halogens is 1. The molecule has 1 aromatic carbocycles. The fourth-order valence-electron chi connectivity index (χ4n) is 3.49. The summed E-state index contributed by atoms with van der Waals surface area (Å²) in [7, 11) is 0. The zero-order valence-corrected chi connectivity index (χ0v) is 18.8. The lowest BCUT2D eigenvalue weighted by Gasteiger charge is -2.13. The summed E-state index contributed by atoms with van der Waals surface area (Å²) in [6.45, 7) is 3.29. The number of hydrogen-bond acceptors (Lipinski definition) is 8. The molecule has 168 valence electrons. The number of benzene rings is 1. The standard InChI is InChI=1S/C23H23FN8S/c1-14(25)18-13-30-21(24)12-17(18)16-4-2-3-15-11-20(33-22(15)16)19-5-6-28-23(32-19)29-9-7-27-8-10-31-26/h2-6,8,10-14,26-27H,7,9,25H2,1H3,(H,28,29,32)/p+1/b10-8-,31-26?/t14-/m1/s1. The molecule has 8 nitrogen and oxygen atoms in total. The van der Waals surface area contributed by atoms with Gasteiger partial charge in [-0.2, -0.15) is 9.50 Å². The summed E-state index contributed by atoms with van der Waals surface area (Å²) in [4.78, 5) is 13.7. The van der Waals surface area contributed by atoms with Crippen LogP contribution >= 0.6 is 11.3 Å². The van der Waals surface area contributed by atoms with E-state index in [2.05, 4.69) is 31.4 Å². The van der Waals surface area contributed by atoms with Gasteiger partial charge in [0.1, 0.15) is 12.4 Å². The van der Waals surface area contributed by atoms with Gasteiger partial charge >= 0.3 is 0 Å². The van der Waals surface area contributed by atoms with Gasteiger partial charge in [0.25, 0.3) is 0 Å². The van der Waals surface area contributed by atoms with E-state index in [1.165, 1.54) is 18.5 Å². The molecule has 0 bridgehead atoms. The summed E-state index contributed by atoms with van der Waals surface area (Å²) < 4.78 is 15.0. The van der Waals surface area contributed by atoms with Crippen molar-refractivity contribution in [1.29, 1.82) is 5.53 Å². The summed E-state index contributed by atoms with van der Waals surface area (Å²) in [5.74, 6) is 0.0136. The monoisotopic (exact) mass is 463 g/mol. The van der Waals surface area contributed by atoms with Crippen LogP contribution in [0, 0.1) is 11.5 Å². The number of thiophene rings is 1. The van der Waals surface area contributed by atoms with Gasteiger partial charge in [0.2, 0.25) is 11.9 Å². The Morgan fingerprint density at radius 1 is 1.27 bits per heavy atom. The second-order valence-corrected chi connectivity index (χ2v) is 8.46. The van der Waals surface area contributed by atoms with E-state index in [1.807, 2.05) is 36.5 Å². The van der Waals surface area contributed by atoms with E-state index in [0.29, 0.717) is 12.5 Å². The molecule has 6 N–H and O–H groups in total. The Bertz CT molecular complexity index is 1300. The first-order valence-corrected chi connectivity index (χ1v) is 11.2. The molecule has 0 spiro atoms. The normalized spacial score (nSPS) is 12.3. The minimum absolute atomic E-state index is 0.271. The fourth-order valence-corrected chi connectivity index (χ4v) is 4.64. The van der Waals surface area contributed by atoms with E-state index in [0.717, 1.165) is 43.9 Å². The third-order valence-electron chi connectivity index (χ3n) is 5.03. The molecule has 4 aromatic rings. The molecule has 0 radical (unpaired) electrons. The zero-order valence-electron chi connectivity index (χ0n) is 18.0. The SMILES string of the molecule is C[C@@H](N)c1cnc(F)cc1-c1cccc2cc(-c3ccnc(NCC[NH2+]/C=C\N=N)n3)sc12. The molecule has 3 aromatic heterocycles. The van der Waals surface area contributed by atoms with E-state index in [4.69, 9.17) is 11.3 Å². The topological polar surface area (TPSA) is 130 Å². The molecular weight excluding hydrogens is 439 g/mol. The number of fused-ring (bicyclic) bond motifs is 1. The number of quaternary nitrogens is 1. The highest BCUT2D eigenvalue weighted by atomic mass is 32.1. The van der Waals surface area contributed by atoms with Crippen molar-refractivity contribution in [2.24, 2.45) is 10.8 Å². The van der Waals surface area contributed by atoms with Crippen molar-refractivity contribution < 1.29 is 9.71 Å². The van der Waals surface area contributed by atoms with Crippen molar-refractivity contribution in [1.82, 2.24) is 15.0 Å². The number of hydrogen-bond donors (Lipinski definition) is 4. The molecule has 0 aliphatic carbocycles. The Morgan fingerprint density at radius 3 is 2.97 bits per heavy atom. The van der Waals surface area contributed by atoms with E-state index in [1.54, 1.807) is 23.7 Å². The third kappa shape index (κ3) is 5.25. The largest absolute Gasteiger partial charge is 0.349 e. The Hall–Kier alpha value is -3.60. The van der Waals surface area contributed by atoms with Crippen molar-refractivity contribution in [2.75, 3.05) is 18.4 Å². The number of aromatic nitrogens is 3. The van der Waals surface area contributed by atoms with Gasteiger partial charge in [-0.3, -0.25) is 0 Å². The van der Waals surface area contributed by atoms with Crippen molar-refractivity contribution in [3.05, 3.63) is 72.7 Å². The predicted molar refractivity (Wildman–Crippen MR) is 128 cm³/mol. The summed E-state index contributed by atoms with van der Waals surface area (Å²) in [6, 6.07) is 11.1. The molecule has 0 saturated heterocycles. The highest BCUT2D eigenvalue weighted by molar-refractivity contribution is 7.22. The van der Waals surface area contributed by atoms with Crippen LogP contribution in [0.1, 0.15) is 18.5 Å². The van der Waals surface area contributed by atoms with Crippen LogP contribution in [0.2, 0.25) is 0 Å². The number of anilines is 1. The highest BCUT2D eigenvalue weighted by Gasteiger charge is 2.16. The molecule has 0 aliphatic rings. The van der Waals surface area contributed by atoms with E-state index >= 15 is 0 Å². The van der Waals surface area contributed by atoms with Crippen molar-refractivity contribution in [3.63, 3.8) is 0 Å². The molecular formula is C23H24FN8S+. The van der Waals surface area contributed by atoms with Crippen LogP contribution < -0.4 is 16.4 Å². The first kappa shape index (κ1) is 22.6. The molecule has 33 heavy (non-hydrogen) atoms. The third-order valence-corrected chi connectivity index (χ3v) is 6.23. The lowest BCUT2D eigenvalue weighted by Crippen LogP contribution is -2.79. The molecule has 1 atom stereocenters. The number of rotatable bonds is 9. The Labute approximate surface area is 194 Å². The molecule has 0 aliphatic heterocycles. The summed E-state index contributed by atoms with van der Waals surface area (Å²) in [5, 5.41) is 9.34. The van der Waals surface area contributed by atoms with Crippen molar-refractivity contribution >= 4 is 27.4 Å². The minimum atomic E-state index is -0.531. The van der Waals surface area contributed by atoms with Crippen molar-refractivity contribution in [3.8, 4) is 21.7 Å². The van der Waals surface area contributed by atoms with E-state index in [9.17, 15) is 4.39 Å². The maximum Gasteiger partial charge on any atom is 0.223 e. The maximum absolute atomic E-state index is 14.0. The van der Waals surface area contributed by atoms with Gasteiger partial charge in [0, 0.05) is 34.8 Å². The van der Waals surface area contributed by atoms with Gasteiger partial charge in [0.15, 0.2) is 0 Å². The zero-order chi connectivity index (χ0) is 23.2. The van der Waals surface area contributed by atoms with Crippen LogP contribution in [-0.2, 0) is 0 Å². The maximum atomic E-state index is 14.0. The van der Waals surface area contributed by atoms with Gasteiger partial charge in [-0.05, 0) is 35.6 Å². The summed E-state index contributed by atoms with van der Waals surface area (Å²) >= 11 is 1.60. The summed E-state index contributed by atoms with van der Waals surface area (Å²) in [5.41, 5.74) is 16.1. The number of nitrogens with zero attached hydrogens (tertiary/aromatic N) is 4. The van der Waals surface area contributed by atoms with Crippen LogP contribution in [0.5, 0.6) is 0 Å². The quantitative estimate of drug-likeness (QED) is 0.169. The average Bonchev–Trinajstić information content (AvgIpc) is 3.26. The lowest BCUT2D eigenvalue weighted by atomic mass is 9.97. The molecule has 0 saturated carbocycles. The molecule has 10 heteroatoms. The average molecular weight is 464 g/mol. The Kier molecular flexibility index (Phi) is 7.08. The summed E-state index contributed by atoms with van der Waals surface area (Å²) in [6.07, 6.45) is 6.39. The first-order valence-electron chi connectivity index (χ1n) is 10.4. The first-order chi connectivity index (χ1) is 16.1. The second kappa shape index (κ2) is 10.3. The molecule has 3 heterocycles. The molecule has 0 amide bonds. The van der Waals surface area contributed by atoms with Gasteiger partial charge in [0.05, 0.1) is 23.7 Å². The number of nitrogens with two attached hydrogens (primary N) is 2. The van der Waals surface area contributed by atoms with E-state index in [-0.39, 0.29) is 6.04 Å². The lowest BCUT2D eigenvalue weighted by molar-refractivity contribution is -0.584. The van der Waals surface area contributed by atoms with Crippen LogP contribution in [0.25, 0.3) is 31.8 Å². The predicted octanol–water partition coefficient (Wildman–Crippen LogP) is 4.06. The van der Waals surface area contributed by atoms with Crippen molar-refractivity contribution in [2.45, 2.75) is 13.0 Å². The smallest absolute Gasteiger partial charge is 0.223 e. The van der Waals surface area contributed by atoms with Gasteiger partial charge < -0.3 is 16.4 Å². The Morgan fingerprint density at radius 2 is 2.15 bits per heavy atom. The minimum Gasteiger partial charge on any atom is -0.349 e. The van der Waals surface area contributed by atoms with Crippen LogP contribution in [0.3, 0.4) is 0 Å². The van der Waals surface area contributed by atoms with Gasteiger partial charge in [-0.1, -0.05) is 18.2 Å². The fraction of sp³-hybridized carbons (Fsp3) is 0.174. The van der Waals surface area contributed by atoms with Crippen LogP contribution in [0.15, 0.2) is 66.3 Å².